The molecular weight excluding hydrogens is 164 g/mol. The van der Waals surface area contributed by atoms with Gasteiger partial charge in [-0.15, -0.1) is 0 Å². The number of hydrogen-bond donors (Lipinski definition) is 2. The Hall–Kier alpha value is -1.11. The van der Waals surface area contributed by atoms with Gasteiger partial charge in [-0.3, -0.25) is 4.79 Å². The van der Waals surface area contributed by atoms with E-state index >= 15 is 0 Å². The lowest BCUT2D eigenvalue weighted by atomic mass is 10.2. The second-order valence-corrected chi connectivity index (χ2v) is 2.57. The van der Waals surface area contributed by atoms with Crippen LogP contribution >= 0.6 is 0 Å². The van der Waals surface area contributed by atoms with E-state index < -0.39 is 6.17 Å². The molecule has 0 aromatic heterocycles. The summed E-state index contributed by atoms with van der Waals surface area (Å²) >= 11 is 0. The van der Waals surface area contributed by atoms with Crippen molar-refractivity contribution in [1.29, 1.82) is 0 Å². The standard InChI is InChI=1S/C6H8N2O4/c7-6-5-4(11-2-12-5)3(9)1-8(6)10/h6,10H,1-2,7H2. The lowest BCUT2D eigenvalue weighted by Gasteiger charge is -2.24. The van der Waals surface area contributed by atoms with Crippen molar-refractivity contribution in [3.63, 3.8) is 0 Å². The minimum Gasteiger partial charge on any atom is -0.455 e. The summed E-state index contributed by atoms with van der Waals surface area (Å²) in [7, 11) is 0. The van der Waals surface area contributed by atoms with Crippen LogP contribution in [0.2, 0.25) is 0 Å². The summed E-state index contributed by atoms with van der Waals surface area (Å²) in [5.41, 5.74) is 5.49. The van der Waals surface area contributed by atoms with Crippen LogP contribution in [0.25, 0.3) is 0 Å². The Balaban J connectivity index is 2.36. The average molecular weight is 172 g/mol. The van der Waals surface area contributed by atoms with Gasteiger partial charge < -0.3 is 20.4 Å². The van der Waals surface area contributed by atoms with E-state index in [4.69, 9.17) is 20.4 Å². The molecule has 0 fully saturated rings. The molecule has 0 saturated carbocycles. The fourth-order valence-corrected chi connectivity index (χ4v) is 1.18. The average Bonchev–Trinajstić information content (AvgIpc) is 2.48. The van der Waals surface area contributed by atoms with Gasteiger partial charge >= 0.3 is 0 Å². The van der Waals surface area contributed by atoms with E-state index in [1.807, 2.05) is 0 Å². The Morgan fingerprint density at radius 2 is 2.33 bits per heavy atom. The molecule has 2 rings (SSSR count). The Bertz CT molecular complexity index is 262. The Morgan fingerprint density at radius 3 is 3.08 bits per heavy atom. The maximum atomic E-state index is 11.1. The second kappa shape index (κ2) is 2.44. The van der Waals surface area contributed by atoms with E-state index in [0.717, 1.165) is 5.06 Å². The van der Waals surface area contributed by atoms with Gasteiger partial charge in [0.1, 0.15) is 6.17 Å². The third-order valence-corrected chi connectivity index (χ3v) is 1.79. The van der Waals surface area contributed by atoms with E-state index in [1.165, 1.54) is 0 Å². The molecule has 0 bridgehead atoms. The van der Waals surface area contributed by atoms with Crippen LogP contribution in [0.3, 0.4) is 0 Å². The highest BCUT2D eigenvalue weighted by Gasteiger charge is 2.37. The molecule has 6 nitrogen and oxygen atoms in total. The van der Waals surface area contributed by atoms with E-state index in [9.17, 15) is 4.79 Å². The van der Waals surface area contributed by atoms with Gasteiger partial charge in [0.2, 0.25) is 18.3 Å². The third-order valence-electron chi connectivity index (χ3n) is 1.79. The molecule has 12 heavy (non-hydrogen) atoms. The zero-order chi connectivity index (χ0) is 8.72. The maximum Gasteiger partial charge on any atom is 0.231 e. The first-order valence-corrected chi connectivity index (χ1v) is 3.44. The number of carbonyl (C=O) groups excluding carboxylic acids is 1. The van der Waals surface area contributed by atoms with Crippen molar-refractivity contribution >= 4 is 5.78 Å². The molecule has 3 N–H and O–H groups in total. The number of ether oxygens (including phenoxy) is 2. The van der Waals surface area contributed by atoms with Crippen LogP contribution in [-0.2, 0) is 14.3 Å². The normalized spacial score (nSPS) is 29.8. The lowest BCUT2D eigenvalue weighted by Crippen LogP contribution is -2.48. The van der Waals surface area contributed by atoms with Crippen LogP contribution < -0.4 is 5.73 Å². The summed E-state index contributed by atoms with van der Waals surface area (Å²) in [5.74, 6) is 0.0493. The maximum absolute atomic E-state index is 11.1. The Labute approximate surface area is 68.1 Å². The van der Waals surface area contributed by atoms with Crippen LogP contribution in [0.1, 0.15) is 0 Å². The van der Waals surface area contributed by atoms with E-state index in [0.29, 0.717) is 0 Å². The first-order chi connectivity index (χ1) is 5.70. The molecule has 0 aliphatic carbocycles. The topological polar surface area (TPSA) is 85.0 Å². The van der Waals surface area contributed by atoms with Crippen molar-refractivity contribution in [3.05, 3.63) is 11.5 Å². The molecule has 0 spiro atoms. The van der Waals surface area contributed by atoms with Crippen LogP contribution in [0.15, 0.2) is 11.5 Å². The smallest absolute Gasteiger partial charge is 0.231 e. The summed E-state index contributed by atoms with van der Waals surface area (Å²) in [5, 5.41) is 9.83. The van der Waals surface area contributed by atoms with E-state index in [-0.39, 0.29) is 30.6 Å². The number of Topliss-reactive ketones (excluding diaryl/α,β-unsaturated/α-hetero) is 1. The highest BCUT2D eigenvalue weighted by atomic mass is 16.7. The minimum atomic E-state index is -0.791. The predicted molar refractivity (Wildman–Crippen MR) is 35.5 cm³/mol. The number of carbonyl (C=O) groups is 1. The fraction of sp³-hybridized carbons (Fsp3) is 0.500. The summed E-state index contributed by atoms with van der Waals surface area (Å²) in [4.78, 5) is 11.1. The molecule has 0 amide bonds. The first kappa shape index (κ1) is 7.53. The molecule has 2 heterocycles. The number of nitrogens with zero attached hydrogens (tertiary/aromatic N) is 1. The molecule has 0 aromatic rings. The van der Waals surface area contributed by atoms with Crippen molar-refractivity contribution < 1.29 is 19.5 Å². The summed E-state index contributed by atoms with van der Waals surface area (Å²) in [6.07, 6.45) is -0.791. The van der Waals surface area contributed by atoms with Crippen molar-refractivity contribution in [1.82, 2.24) is 5.06 Å². The van der Waals surface area contributed by atoms with Crippen molar-refractivity contribution in [2.24, 2.45) is 5.73 Å². The van der Waals surface area contributed by atoms with Gasteiger partial charge in [-0.25, -0.2) is 0 Å². The zero-order valence-corrected chi connectivity index (χ0v) is 6.19. The highest BCUT2D eigenvalue weighted by molar-refractivity contribution is 5.96. The van der Waals surface area contributed by atoms with Crippen LogP contribution in [0.4, 0.5) is 0 Å². The molecule has 2 aliphatic rings. The van der Waals surface area contributed by atoms with Gasteiger partial charge in [-0.2, -0.15) is 5.06 Å². The number of ketones is 1. The van der Waals surface area contributed by atoms with Crippen LogP contribution in [0.5, 0.6) is 0 Å². The summed E-state index contributed by atoms with van der Waals surface area (Å²) in [6.45, 7) is -0.151. The van der Waals surface area contributed by atoms with Crippen molar-refractivity contribution in [3.8, 4) is 0 Å². The highest BCUT2D eigenvalue weighted by Crippen LogP contribution is 2.24. The molecule has 0 radical (unpaired) electrons. The van der Waals surface area contributed by atoms with Crippen molar-refractivity contribution in [2.75, 3.05) is 13.3 Å². The molecule has 1 atom stereocenters. The first-order valence-electron chi connectivity index (χ1n) is 3.44. The van der Waals surface area contributed by atoms with Gasteiger partial charge in [-0.05, 0) is 0 Å². The number of nitrogens with two attached hydrogens (primary N) is 1. The Morgan fingerprint density at radius 1 is 1.58 bits per heavy atom. The van der Waals surface area contributed by atoms with Crippen LogP contribution in [0, 0.1) is 0 Å². The summed E-state index contributed by atoms with van der Waals surface area (Å²) in [6, 6.07) is 0. The molecule has 1 unspecified atom stereocenters. The largest absolute Gasteiger partial charge is 0.455 e. The Kier molecular flexibility index (Phi) is 1.53. The number of hydroxylamine groups is 2. The van der Waals surface area contributed by atoms with Gasteiger partial charge in [0.15, 0.2) is 5.76 Å². The number of rotatable bonds is 0. The fourth-order valence-electron chi connectivity index (χ4n) is 1.18. The third kappa shape index (κ3) is 0.893. The van der Waals surface area contributed by atoms with E-state index in [1.54, 1.807) is 0 Å². The molecule has 0 aromatic carbocycles. The quantitative estimate of drug-likeness (QED) is 0.475. The van der Waals surface area contributed by atoms with Crippen LogP contribution in [-0.4, -0.2) is 35.6 Å². The zero-order valence-electron chi connectivity index (χ0n) is 6.19. The summed E-state index contributed by atoms with van der Waals surface area (Å²) < 4.78 is 9.80. The second-order valence-electron chi connectivity index (χ2n) is 2.57. The van der Waals surface area contributed by atoms with Gasteiger partial charge in [0.25, 0.3) is 0 Å². The minimum absolute atomic E-state index is 0.00204. The molecule has 6 heteroatoms. The molecular formula is C6H8N2O4. The monoisotopic (exact) mass is 172 g/mol. The molecule has 66 valence electrons. The van der Waals surface area contributed by atoms with E-state index in [2.05, 4.69) is 0 Å². The van der Waals surface area contributed by atoms with Gasteiger partial charge in [0, 0.05) is 0 Å². The predicted octanol–water partition coefficient (Wildman–Crippen LogP) is -1.24. The van der Waals surface area contributed by atoms with Gasteiger partial charge in [-0.1, -0.05) is 0 Å². The lowest BCUT2D eigenvalue weighted by molar-refractivity contribution is -0.149. The molecule has 0 saturated heterocycles. The van der Waals surface area contributed by atoms with Gasteiger partial charge in [0.05, 0.1) is 6.54 Å². The number of hydrogen-bond acceptors (Lipinski definition) is 6. The SMILES string of the molecule is NC1C2=C(OCO2)C(=O)CN1O. The molecule has 2 aliphatic heterocycles. The van der Waals surface area contributed by atoms with Crippen molar-refractivity contribution in [2.45, 2.75) is 6.17 Å².